The maximum absolute atomic E-state index is 8.67. The number of halogens is 1. The van der Waals surface area contributed by atoms with E-state index in [0.717, 1.165) is 10.6 Å². The number of nitrogens with one attached hydrogen (secondary N) is 1. The van der Waals surface area contributed by atoms with Gasteiger partial charge in [0.15, 0.2) is 5.01 Å². The molecule has 0 fully saturated rings. The fourth-order valence-corrected chi connectivity index (χ4v) is 2.29. The van der Waals surface area contributed by atoms with Crippen LogP contribution in [0.1, 0.15) is 0 Å². The van der Waals surface area contributed by atoms with Crippen LogP contribution in [0.3, 0.4) is 0 Å². The fraction of sp³-hybridized carbons (Fsp3) is 0.200. The molecule has 0 amide bonds. The molecular weight excluding hydrogens is 246 g/mol. The number of hydrogen-bond acceptors (Lipinski definition) is 5. The van der Waals surface area contributed by atoms with E-state index in [4.69, 9.17) is 16.7 Å². The largest absolute Gasteiger partial charge is 0.395 e. The molecule has 16 heavy (non-hydrogen) atoms. The van der Waals surface area contributed by atoms with E-state index in [-0.39, 0.29) is 6.61 Å². The van der Waals surface area contributed by atoms with E-state index in [1.807, 2.05) is 24.3 Å². The van der Waals surface area contributed by atoms with Crippen LogP contribution in [0.15, 0.2) is 24.3 Å². The van der Waals surface area contributed by atoms with Crippen LogP contribution >= 0.6 is 22.9 Å². The molecular formula is C10H10ClN3OS. The van der Waals surface area contributed by atoms with E-state index < -0.39 is 0 Å². The van der Waals surface area contributed by atoms with Crippen molar-refractivity contribution in [1.82, 2.24) is 10.2 Å². The highest BCUT2D eigenvalue weighted by Crippen LogP contribution is 2.31. The van der Waals surface area contributed by atoms with Gasteiger partial charge in [-0.2, -0.15) is 0 Å². The van der Waals surface area contributed by atoms with Crippen molar-refractivity contribution >= 4 is 28.1 Å². The van der Waals surface area contributed by atoms with Crippen molar-refractivity contribution in [2.24, 2.45) is 0 Å². The average Bonchev–Trinajstić information content (AvgIpc) is 2.75. The lowest BCUT2D eigenvalue weighted by molar-refractivity contribution is 0.311. The molecule has 0 aliphatic carbocycles. The molecule has 2 rings (SSSR count). The van der Waals surface area contributed by atoms with Crippen molar-refractivity contribution in [3.05, 3.63) is 29.3 Å². The van der Waals surface area contributed by atoms with Gasteiger partial charge in [0.2, 0.25) is 5.13 Å². The van der Waals surface area contributed by atoms with Crippen molar-refractivity contribution in [1.29, 1.82) is 0 Å². The Kier molecular flexibility index (Phi) is 3.71. The minimum atomic E-state index is 0.0704. The summed E-state index contributed by atoms with van der Waals surface area (Å²) in [4.78, 5) is 0. The van der Waals surface area contributed by atoms with Crippen LogP contribution in [0.25, 0.3) is 10.6 Å². The Labute approximate surface area is 102 Å². The summed E-state index contributed by atoms with van der Waals surface area (Å²) >= 11 is 7.46. The molecule has 1 aromatic carbocycles. The first kappa shape index (κ1) is 11.3. The molecule has 0 bridgehead atoms. The van der Waals surface area contributed by atoms with Crippen LogP contribution in [0, 0.1) is 0 Å². The summed E-state index contributed by atoms with van der Waals surface area (Å²) < 4.78 is 0. The maximum atomic E-state index is 8.67. The average molecular weight is 256 g/mol. The Morgan fingerprint density at radius 3 is 2.88 bits per heavy atom. The zero-order valence-electron chi connectivity index (χ0n) is 8.35. The number of anilines is 1. The standard InChI is InChI=1S/C10H10ClN3OS/c11-8-4-2-1-3-7(8)9-13-14-10(16-9)12-5-6-15/h1-4,15H,5-6H2,(H,12,14). The Balaban J connectivity index is 2.22. The van der Waals surface area contributed by atoms with Crippen molar-refractivity contribution in [2.45, 2.75) is 0 Å². The minimum absolute atomic E-state index is 0.0704. The zero-order valence-corrected chi connectivity index (χ0v) is 9.92. The molecule has 6 heteroatoms. The lowest BCUT2D eigenvalue weighted by Crippen LogP contribution is -2.04. The van der Waals surface area contributed by atoms with Crippen molar-refractivity contribution < 1.29 is 5.11 Å². The minimum Gasteiger partial charge on any atom is -0.395 e. The molecule has 2 N–H and O–H groups in total. The molecule has 4 nitrogen and oxygen atoms in total. The van der Waals surface area contributed by atoms with E-state index in [0.29, 0.717) is 16.7 Å². The van der Waals surface area contributed by atoms with E-state index in [2.05, 4.69) is 15.5 Å². The third-order valence-electron chi connectivity index (χ3n) is 1.92. The number of aromatic nitrogens is 2. The molecule has 0 aliphatic heterocycles. The first-order valence-electron chi connectivity index (χ1n) is 4.74. The Morgan fingerprint density at radius 2 is 2.12 bits per heavy atom. The molecule has 0 saturated carbocycles. The Hall–Kier alpha value is -1.17. The lowest BCUT2D eigenvalue weighted by Gasteiger charge is -1.97. The van der Waals surface area contributed by atoms with Crippen LogP contribution in [-0.2, 0) is 0 Å². The van der Waals surface area contributed by atoms with E-state index in [1.165, 1.54) is 11.3 Å². The topological polar surface area (TPSA) is 58.0 Å². The normalized spacial score (nSPS) is 10.4. The number of aliphatic hydroxyl groups is 1. The number of nitrogens with zero attached hydrogens (tertiary/aromatic N) is 2. The maximum Gasteiger partial charge on any atom is 0.206 e. The van der Waals surface area contributed by atoms with Crippen molar-refractivity contribution in [3.63, 3.8) is 0 Å². The van der Waals surface area contributed by atoms with Crippen LogP contribution in [0.5, 0.6) is 0 Å². The zero-order chi connectivity index (χ0) is 11.4. The van der Waals surface area contributed by atoms with Gasteiger partial charge in [0.05, 0.1) is 11.6 Å². The molecule has 0 atom stereocenters. The molecule has 0 saturated heterocycles. The molecule has 0 aliphatic rings. The molecule has 1 heterocycles. The van der Waals surface area contributed by atoms with Crippen LogP contribution < -0.4 is 5.32 Å². The van der Waals surface area contributed by atoms with Gasteiger partial charge in [-0.1, -0.05) is 41.1 Å². The number of rotatable bonds is 4. The SMILES string of the molecule is OCCNc1nnc(-c2ccccc2Cl)s1. The van der Waals surface area contributed by atoms with Gasteiger partial charge >= 0.3 is 0 Å². The summed E-state index contributed by atoms with van der Waals surface area (Å²) in [5, 5.41) is 21.7. The van der Waals surface area contributed by atoms with Crippen LogP contribution in [0.2, 0.25) is 5.02 Å². The molecule has 0 spiro atoms. The van der Waals surface area contributed by atoms with Gasteiger partial charge in [-0.05, 0) is 6.07 Å². The second-order valence-corrected chi connectivity index (χ2v) is 4.43. The van der Waals surface area contributed by atoms with Gasteiger partial charge in [0, 0.05) is 12.1 Å². The van der Waals surface area contributed by atoms with Gasteiger partial charge in [-0.3, -0.25) is 0 Å². The summed E-state index contributed by atoms with van der Waals surface area (Å²) in [6.07, 6.45) is 0. The van der Waals surface area contributed by atoms with E-state index >= 15 is 0 Å². The smallest absolute Gasteiger partial charge is 0.206 e. The quantitative estimate of drug-likeness (QED) is 0.880. The van der Waals surface area contributed by atoms with Gasteiger partial charge in [0.25, 0.3) is 0 Å². The number of aliphatic hydroxyl groups excluding tert-OH is 1. The first-order valence-corrected chi connectivity index (χ1v) is 5.94. The highest BCUT2D eigenvalue weighted by molar-refractivity contribution is 7.18. The predicted octanol–water partition coefficient (Wildman–Crippen LogP) is 2.26. The van der Waals surface area contributed by atoms with Crippen molar-refractivity contribution in [3.8, 4) is 10.6 Å². The van der Waals surface area contributed by atoms with Gasteiger partial charge in [0.1, 0.15) is 0 Å². The van der Waals surface area contributed by atoms with E-state index in [1.54, 1.807) is 0 Å². The third kappa shape index (κ3) is 2.49. The first-order chi connectivity index (χ1) is 7.81. The van der Waals surface area contributed by atoms with Crippen LogP contribution in [0.4, 0.5) is 5.13 Å². The van der Waals surface area contributed by atoms with Gasteiger partial charge < -0.3 is 10.4 Å². The molecule has 2 aromatic rings. The summed E-state index contributed by atoms with van der Waals surface area (Å²) in [5.41, 5.74) is 0.874. The summed E-state index contributed by atoms with van der Waals surface area (Å²) in [6, 6.07) is 7.50. The van der Waals surface area contributed by atoms with Gasteiger partial charge in [-0.15, -0.1) is 10.2 Å². The number of hydrogen-bond donors (Lipinski definition) is 2. The molecule has 84 valence electrons. The Bertz CT molecular complexity index is 475. The monoisotopic (exact) mass is 255 g/mol. The second kappa shape index (κ2) is 5.25. The molecule has 0 unspecified atom stereocenters. The number of benzene rings is 1. The van der Waals surface area contributed by atoms with Crippen molar-refractivity contribution in [2.75, 3.05) is 18.5 Å². The fourth-order valence-electron chi connectivity index (χ4n) is 1.20. The third-order valence-corrected chi connectivity index (χ3v) is 3.16. The lowest BCUT2D eigenvalue weighted by atomic mass is 10.2. The summed E-state index contributed by atoms with van der Waals surface area (Å²) in [6.45, 7) is 0.540. The van der Waals surface area contributed by atoms with Crippen LogP contribution in [-0.4, -0.2) is 28.5 Å². The highest BCUT2D eigenvalue weighted by atomic mass is 35.5. The molecule has 0 radical (unpaired) electrons. The predicted molar refractivity (Wildman–Crippen MR) is 65.9 cm³/mol. The van der Waals surface area contributed by atoms with E-state index in [9.17, 15) is 0 Å². The second-order valence-electron chi connectivity index (χ2n) is 3.04. The summed E-state index contributed by atoms with van der Waals surface area (Å²) in [7, 11) is 0. The molecule has 1 aromatic heterocycles. The Morgan fingerprint density at radius 1 is 1.31 bits per heavy atom. The highest BCUT2D eigenvalue weighted by Gasteiger charge is 2.08. The summed E-state index contributed by atoms with van der Waals surface area (Å²) in [5.74, 6) is 0. The van der Waals surface area contributed by atoms with Gasteiger partial charge in [-0.25, -0.2) is 0 Å².